The Hall–Kier alpha value is 0.285. The van der Waals surface area contributed by atoms with E-state index in [0.717, 1.165) is 0 Å². The second-order valence-electron chi connectivity index (χ2n) is 0.770. The largest absolute Gasteiger partial charge is 0.382 e. The minimum Gasteiger partial charge on any atom is -0.382 e. The van der Waals surface area contributed by atoms with Gasteiger partial charge in [0.15, 0.2) is 0 Å². The molecule has 0 fully saturated rings. The zero-order chi connectivity index (χ0) is 4.83. The highest BCUT2D eigenvalue weighted by Crippen LogP contribution is 1.40. The van der Waals surface area contributed by atoms with Crippen LogP contribution in [0.15, 0.2) is 0 Å². The summed E-state index contributed by atoms with van der Waals surface area (Å²) in [5.74, 6) is 0. The van der Waals surface area contributed by atoms with Crippen molar-refractivity contribution >= 4 is 36.2 Å². The first-order valence-electron chi connectivity index (χ1n) is 1.67. The van der Waals surface area contributed by atoms with Gasteiger partial charge in [-0.3, -0.25) is 0 Å². The second kappa shape index (κ2) is 5.28. The monoisotopic (exact) mass is 71.1 g/mol. The summed E-state index contributed by atoms with van der Waals surface area (Å²) in [6, 6.07) is 0. The maximum atomic E-state index is 4.93. The van der Waals surface area contributed by atoms with Gasteiger partial charge >= 0.3 is 0 Å². The van der Waals surface area contributed by atoms with Gasteiger partial charge < -0.3 is 5.64 Å². The van der Waals surface area contributed by atoms with Crippen molar-refractivity contribution in [3.8, 4) is 0 Å². The van der Waals surface area contributed by atoms with Gasteiger partial charge in [0.2, 0.25) is 0 Å². The highest BCUT2D eigenvalue weighted by Gasteiger charge is 1.82. The average molecular weight is 70.1 g/mol. The molecule has 6 radical (unpaired) electrons. The first-order valence-corrected chi connectivity index (χ1v) is 1.67. The molecule has 6 heavy (non-hydrogen) atoms. The van der Waals surface area contributed by atoms with Crippen molar-refractivity contribution in [1.29, 1.82) is 0 Å². The fraction of sp³-hybridized carbons (Fsp3) is 0. The number of nitrogens with two attached hydrogens (primary N) is 1. The first-order chi connectivity index (χ1) is 2.91. The van der Waals surface area contributed by atoms with Crippen LogP contribution in [0.5, 0.6) is 0 Å². The van der Waals surface area contributed by atoms with E-state index in [1.807, 2.05) is 0 Å². The summed E-state index contributed by atoms with van der Waals surface area (Å²) in [5.41, 5.74) is 4.93. The van der Waals surface area contributed by atoms with Gasteiger partial charge in [0.05, 0.1) is 0 Å². The van der Waals surface area contributed by atoms with Gasteiger partial charge in [-0.25, -0.2) is 0 Å². The van der Waals surface area contributed by atoms with Gasteiger partial charge in [0.25, 0.3) is 0 Å². The van der Waals surface area contributed by atoms with E-state index >= 15 is 0 Å². The predicted octanol–water partition coefficient (Wildman–Crippen LogP) is -2.49. The Morgan fingerprint density at radius 2 is 2.00 bits per heavy atom. The van der Waals surface area contributed by atoms with E-state index in [4.69, 9.17) is 13.4 Å². The molecule has 0 rings (SSSR count). The molecule has 0 aromatic rings. The summed E-state index contributed by atoms with van der Waals surface area (Å²) in [6.07, 6.45) is 0. The molecule has 0 saturated heterocycles. The molecule has 0 aliphatic carbocycles. The van der Waals surface area contributed by atoms with Crippen molar-refractivity contribution in [2.24, 2.45) is 5.64 Å². The molecule has 0 bridgehead atoms. The molecule has 22 valence electrons. The van der Waals surface area contributed by atoms with Crippen molar-refractivity contribution in [3.63, 3.8) is 0 Å². The number of hydrogen-bond donors (Lipinski definition) is 1. The van der Waals surface area contributed by atoms with Crippen LogP contribution in [-0.4, -0.2) is 36.2 Å². The molecule has 0 amide bonds. The molecule has 0 aliphatic rings. The molecule has 6 heteroatoms. The Morgan fingerprint density at radius 3 is 2.17 bits per heavy atom. The third kappa shape index (κ3) is 4.28. The lowest BCUT2D eigenvalue weighted by Crippen LogP contribution is -2.24. The SMILES string of the molecule is [B][B][B][B][B]N. The van der Waals surface area contributed by atoms with Crippen LogP contribution in [0, 0.1) is 0 Å². The van der Waals surface area contributed by atoms with Crippen LogP contribution in [0.2, 0.25) is 0 Å². The normalized spacial score (nSPS) is 6.17. The van der Waals surface area contributed by atoms with Gasteiger partial charge in [-0.15, -0.1) is 0 Å². The molecule has 0 aromatic carbocycles. The fourth-order valence-corrected chi connectivity index (χ4v) is 0.128. The van der Waals surface area contributed by atoms with Crippen LogP contribution in [-0.2, 0) is 0 Å². The minimum absolute atomic E-state index is 1.42. The number of hydrogen-bond acceptors (Lipinski definition) is 1. The smallest absolute Gasteiger partial charge is 0.140 e. The van der Waals surface area contributed by atoms with E-state index < -0.39 is 0 Å². The fourth-order valence-electron chi connectivity index (χ4n) is 0.128. The van der Waals surface area contributed by atoms with E-state index in [2.05, 4.69) is 0 Å². The van der Waals surface area contributed by atoms with Gasteiger partial charge in [0.1, 0.15) is 7.31 Å². The number of rotatable bonds is 3. The van der Waals surface area contributed by atoms with E-state index in [9.17, 15) is 0 Å². The van der Waals surface area contributed by atoms with Crippen molar-refractivity contribution in [2.75, 3.05) is 0 Å². The molecule has 0 aliphatic heterocycles. The third-order valence-corrected chi connectivity index (χ3v) is 0.333. The lowest BCUT2D eigenvalue weighted by Gasteiger charge is -1.79. The summed E-state index contributed by atoms with van der Waals surface area (Å²) in [4.78, 5) is 0. The maximum absolute atomic E-state index is 4.93. The summed E-state index contributed by atoms with van der Waals surface area (Å²) in [7, 11) is 11.1. The molecule has 0 spiro atoms. The van der Waals surface area contributed by atoms with Gasteiger partial charge in [-0.05, 0) is 0 Å². The highest BCUT2D eigenvalue weighted by molar-refractivity contribution is 7.51. The van der Waals surface area contributed by atoms with E-state index in [1.54, 1.807) is 14.1 Å². The maximum Gasteiger partial charge on any atom is 0.140 e. The lowest BCUT2D eigenvalue weighted by atomic mass is 9.06. The standard InChI is InChI=1S/B5H2N/c1-2-3-4-5-6/h6H2. The van der Waals surface area contributed by atoms with Crippen LogP contribution in [0.4, 0.5) is 0 Å². The van der Waals surface area contributed by atoms with Gasteiger partial charge in [-0.2, -0.15) is 0 Å². The Labute approximate surface area is 42.8 Å². The lowest BCUT2D eigenvalue weighted by molar-refractivity contribution is 1.98. The van der Waals surface area contributed by atoms with Crippen molar-refractivity contribution in [1.82, 2.24) is 0 Å². The Bertz CT molecular complexity index is 15.9. The predicted molar refractivity (Wildman–Crippen MR) is 33.0 cm³/mol. The summed E-state index contributed by atoms with van der Waals surface area (Å²) in [5, 5.41) is 0. The Balaban J connectivity index is 2.34. The van der Waals surface area contributed by atoms with Crippen LogP contribution in [0.1, 0.15) is 0 Å². The third-order valence-electron chi connectivity index (χ3n) is 0.333. The van der Waals surface area contributed by atoms with Crippen molar-refractivity contribution < 1.29 is 0 Å². The van der Waals surface area contributed by atoms with Crippen LogP contribution in [0.25, 0.3) is 0 Å². The Morgan fingerprint density at radius 1 is 1.33 bits per heavy atom. The molecule has 0 heterocycles. The zero-order valence-corrected chi connectivity index (χ0v) is 3.46. The van der Waals surface area contributed by atoms with Crippen LogP contribution < -0.4 is 5.64 Å². The van der Waals surface area contributed by atoms with Gasteiger partial charge in [-0.1, -0.05) is 0 Å². The first kappa shape index (κ1) is 6.28. The Kier molecular flexibility index (Phi) is 5.54. The molecular weight excluding hydrogens is 68.1 g/mol. The van der Waals surface area contributed by atoms with Crippen molar-refractivity contribution in [2.45, 2.75) is 0 Å². The summed E-state index contributed by atoms with van der Waals surface area (Å²) in [6.45, 7) is 0. The highest BCUT2D eigenvalue weighted by atomic mass is 14.3. The van der Waals surface area contributed by atoms with E-state index in [1.165, 1.54) is 14.4 Å². The second-order valence-corrected chi connectivity index (χ2v) is 0.770. The molecule has 0 saturated carbocycles. The molecule has 0 aromatic heterocycles. The topological polar surface area (TPSA) is 26.0 Å². The molecular formula is H2B5N. The minimum atomic E-state index is 1.42. The zero-order valence-electron chi connectivity index (χ0n) is 3.46. The van der Waals surface area contributed by atoms with E-state index in [-0.39, 0.29) is 0 Å². The van der Waals surface area contributed by atoms with Crippen LogP contribution >= 0.6 is 0 Å². The summed E-state index contributed by atoms with van der Waals surface area (Å²) >= 11 is 0. The average Bonchev–Trinajstić information content (AvgIpc) is 1.61. The van der Waals surface area contributed by atoms with Gasteiger partial charge in [0, 0.05) is 28.9 Å². The van der Waals surface area contributed by atoms with Crippen molar-refractivity contribution in [3.05, 3.63) is 0 Å². The van der Waals surface area contributed by atoms with E-state index in [0.29, 0.717) is 0 Å². The molecule has 1 nitrogen and oxygen atoms in total. The van der Waals surface area contributed by atoms with Crippen LogP contribution in [0.3, 0.4) is 0 Å². The molecule has 0 atom stereocenters. The molecule has 2 N–H and O–H groups in total. The molecule has 0 unspecified atom stereocenters. The quantitative estimate of drug-likeness (QED) is 0.288. The summed E-state index contributed by atoms with van der Waals surface area (Å²) < 4.78 is 0.